The molecular formula is C13H15BrF2N2O3S. The topological polar surface area (TPSA) is 75.3 Å². The van der Waals surface area contributed by atoms with Gasteiger partial charge in [0, 0.05) is 16.5 Å². The van der Waals surface area contributed by atoms with Crippen LogP contribution in [-0.2, 0) is 14.8 Å². The number of rotatable bonds is 4. The fraction of sp³-hybridized carbons (Fsp3) is 0.462. The molecule has 0 radical (unpaired) electrons. The van der Waals surface area contributed by atoms with Gasteiger partial charge in [0.2, 0.25) is 5.91 Å². The van der Waals surface area contributed by atoms with Gasteiger partial charge in [-0.1, -0.05) is 19.3 Å². The van der Waals surface area contributed by atoms with Crippen molar-refractivity contribution < 1.29 is 22.0 Å². The van der Waals surface area contributed by atoms with Gasteiger partial charge >= 0.3 is 0 Å². The number of nitrogens with one attached hydrogen (secondary N) is 2. The second-order valence-electron chi connectivity index (χ2n) is 5.13. The van der Waals surface area contributed by atoms with Gasteiger partial charge in [-0.05, 0) is 34.8 Å². The van der Waals surface area contributed by atoms with E-state index in [1.54, 1.807) is 0 Å². The summed E-state index contributed by atoms with van der Waals surface area (Å²) in [4.78, 5) is 13.0. The summed E-state index contributed by atoms with van der Waals surface area (Å²) in [6.07, 6.45) is 4.29. The Hall–Kier alpha value is -1.06. The molecule has 5 nitrogen and oxygen atoms in total. The predicted octanol–water partition coefficient (Wildman–Crippen LogP) is 2.62. The molecule has 0 atom stereocenters. The first-order chi connectivity index (χ1) is 10.3. The molecule has 0 spiro atoms. The highest BCUT2D eigenvalue weighted by molar-refractivity contribution is 9.10. The molecule has 1 aliphatic rings. The van der Waals surface area contributed by atoms with Crippen molar-refractivity contribution in [3.8, 4) is 0 Å². The Morgan fingerprint density at radius 3 is 2.41 bits per heavy atom. The highest BCUT2D eigenvalue weighted by Crippen LogP contribution is 2.26. The Morgan fingerprint density at radius 2 is 1.82 bits per heavy atom. The van der Waals surface area contributed by atoms with Crippen LogP contribution in [0.2, 0.25) is 0 Å². The van der Waals surface area contributed by atoms with Crippen molar-refractivity contribution in [1.82, 2.24) is 10.3 Å². The Bertz CT molecular complexity index is 653. The molecule has 0 bridgehead atoms. The minimum absolute atomic E-state index is 0.252. The maximum Gasteiger partial charge on any atom is 0.261 e. The summed E-state index contributed by atoms with van der Waals surface area (Å²) in [7, 11) is -4.34. The van der Waals surface area contributed by atoms with Crippen LogP contribution in [0, 0.1) is 17.6 Å². The number of hydrazine groups is 1. The first kappa shape index (κ1) is 17.3. The van der Waals surface area contributed by atoms with Crippen LogP contribution >= 0.6 is 15.9 Å². The zero-order valence-electron chi connectivity index (χ0n) is 11.5. The standard InChI is InChI=1S/C13H15BrF2N2O3S/c14-10-6-9(15)7-11(16)12(10)22(20,21)18-17-13(19)8-4-2-1-3-5-8/h6-8,18H,1-5H2,(H,17,19). The lowest BCUT2D eigenvalue weighted by Gasteiger charge is -2.21. The average molecular weight is 397 g/mol. The van der Waals surface area contributed by atoms with Crippen molar-refractivity contribution in [2.45, 2.75) is 37.0 Å². The van der Waals surface area contributed by atoms with Gasteiger partial charge in [0.25, 0.3) is 10.0 Å². The molecule has 0 aliphatic heterocycles. The van der Waals surface area contributed by atoms with Crippen LogP contribution in [0.5, 0.6) is 0 Å². The molecule has 9 heteroatoms. The molecule has 0 heterocycles. The lowest BCUT2D eigenvalue weighted by Crippen LogP contribution is -2.45. The van der Waals surface area contributed by atoms with Crippen molar-refractivity contribution in [2.75, 3.05) is 0 Å². The normalized spacial score (nSPS) is 16.5. The van der Waals surface area contributed by atoms with Gasteiger partial charge in [-0.15, -0.1) is 4.83 Å². The maximum atomic E-state index is 13.7. The number of sulfonamides is 1. The molecular weight excluding hydrogens is 382 g/mol. The molecule has 0 saturated heterocycles. The van der Waals surface area contributed by atoms with Crippen molar-refractivity contribution in [3.63, 3.8) is 0 Å². The number of hydrogen-bond acceptors (Lipinski definition) is 3. The molecule has 1 aromatic carbocycles. The molecule has 1 amide bonds. The highest BCUT2D eigenvalue weighted by Gasteiger charge is 2.26. The Morgan fingerprint density at radius 1 is 1.18 bits per heavy atom. The zero-order chi connectivity index (χ0) is 16.3. The molecule has 1 aromatic rings. The van der Waals surface area contributed by atoms with Crippen molar-refractivity contribution in [3.05, 3.63) is 28.2 Å². The molecule has 122 valence electrons. The minimum Gasteiger partial charge on any atom is -0.277 e. The van der Waals surface area contributed by atoms with E-state index in [4.69, 9.17) is 0 Å². The van der Waals surface area contributed by atoms with Crippen LogP contribution in [0.1, 0.15) is 32.1 Å². The fourth-order valence-electron chi connectivity index (χ4n) is 2.42. The molecule has 22 heavy (non-hydrogen) atoms. The van der Waals surface area contributed by atoms with Crippen LogP contribution in [0.4, 0.5) is 8.78 Å². The summed E-state index contributed by atoms with van der Waals surface area (Å²) in [6.45, 7) is 0. The smallest absolute Gasteiger partial charge is 0.261 e. The van der Waals surface area contributed by atoms with E-state index in [1.165, 1.54) is 0 Å². The number of carbonyl (C=O) groups excluding carboxylic acids is 1. The predicted molar refractivity (Wildman–Crippen MR) is 79.1 cm³/mol. The molecule has 0 unspecified atom stereocenters. The van der Waals surface area contributed by atoms with Crippen LogP contribution in [0.25, 0.3) is 0 Å². The van der Waals surface area contributed by atoms with E-state index in [2.05, 4.69) is 21.4 Å². The summed E-state index contributed by atoms with van der Waals surface area (Å²) >= 11 is 2.81. The van der Waals surface area contributed by atoms with Crippen LogP contribution in [0.3, 0.4) is 0 Å². The summed E-state index contributed by atoms with van der Waals surface area (Å²) in [5.41, 5.74) is 2.10. The highest BCUT2D eigenvalue weighted by atomic mass is 79.9. The Balaban J connectivity index is 2.10. The van der Waals surface area contributed by atoms with Crippen LogP contribution in [-0.4, -0.2) is 14.3 Å². The molecule has 2 N–H and O–H groups in total. The van der Waals surface area contributed by atoms with Gasteiger partial charge in [-0.2, -0.15) is 0 Å². The minimum atomic E-state index is -4.34. The number of hydrogen-bond donors (Lipinski definition) is 2. The van der Waals surface area contributed by atoms with Gasteiger partial charge in [-0.25, -0.2) is 17.2 Å². The van der Waals surface area contributed by atoms with E-state index in [0.717, 1.165) is 25.3 Å². The SMILES string of the molecule is O=C(NNS(=O)(=O)c1c(F)cc(F)cc1Br)C1CCCCC1. The molecule has 1 saturated carbocycles. The molecule has 0 aromatic heterocycles. The van der Waals surface area contributed by atoms with E-state index in [1.807, 2.05) is 4.83 Å². The van der Waals surface area contributed by atoms with E-state index >= 15 is 0 Å². The third-order valence-corrected chi connectivity index (χ3v) is 5.73. The summed E-state index contributed by atoms with van der Waals surface area (Å²) in [5, 5.41) is 0. The fourth-order valence-corrected chi connectivity index (χ4v) is 4.44. The van der Waals surface area contributed by atoms with E-state index < -0.39 is 32.5 Å². The van der Waals surface area contributed by atoms with Crippen LogP contribution < -0.4 is 10.3 Å². The second kappa shape index (κ2) is 7.01. The number of benzene rings is 1. The van der Waals surface area contributed by atoms with Gasteiger partial charge < -0.3 is 0 Å². The number of amides is 1. The first-order valence-electron chi connectivity index (χ1n) is 6.77. The summed E-state index contributed by atoms with van der Waals surface area (Å²) < 4.78 is 50.5. The van der Waals surface area contributed by atoms with Crippen molar-refractivity contribution >= 4 is 31.9 Å². The largest absolute Gasteiger partial charge is 0.277 e. The van der Waals surface area contributed by atoms with E-state index in [-0.39, 0.29) is 10.4 Å². The number of carbonyl (C=O) groups is 1. The van der Waals surface area contributed by atoms with Gasteiger partial charge in [0.15, 0.2) is 0 Å². The second-order valence-corrected chi connectivity index (χ2v) is 7.60. The maximum absolute atomic E-state index is 13.7. The van der Waals surface area contributed by atoms with E-state index in [9.17, 15) is 22.0 Å². The van der Waals surface area contributed by atoms with Crippen molar-refractivity contribution in [2.24, 2.45) is 5.92 Å². The molecule has 1 aliphatic carbocycles. The average Bonchev–Trinajstić information content (AvgIpc) is 2.44. The van der Waals surface area contributed by atoms with Crippen LogP contribution in [0.15, 0.2) is 21.5 Å². The quantitative estimate of drug-likeness (QED) is 0.768. The Labute approximate surface area is 135 Å². The molecule has 2 rings (SSSR count). The first-order valence-corrected chi connectivity index (χ1v) is 9.05. The third kappa shape index (κ3) is 4.02. The lowest BCUT2D eigenvalue weighted by atomic mass is 9.89. The summed E-state index contributed by atoms with van der Waals surface area (Å²) in [6, 6.07) is 1.29. The van der Waals surface area contributed by atoms with Gasteiger partial charge in [0.1, 0.15) is 16.5 Å². The van der Waals surface area contributed by atoms with Crippen molar-refractivity contribution in [1.29, 1.82) is 0 Å². The molecule has 1 fully saturated rings. The Kier molecular flexibility index (Phi) is 5.51. The monoisotopic (exact) mass is 396 g/mol. The number of halogens is 3. The van der Waals surface area contributed by atoms with E-state index in [0.29, 0.717) is 18.9 Å². The lowest BCUT2D eigenvalue weighted by molar-refractivity contribution is -0.126. The zero-order valence-corrected chi connectivity index (χ0v) is 13.9. The third-order valence-electron chi connectivity index (χ3n) is 3.52. The summed E-state index contributed by atoms with van der Waals surface area (Å²) in [5.74, 6) is -2.85. The van der Waals surface area contributed by atoms with Gasteiger partial charge in [0.05, 0.1) is 0 Å². The van der Waals surface area contributed by atoms with Gasteiger partial charge in [-0.3, -0.25) is 10.2 Å².